The number of likely N-dealkylation sites (tertiary alicyclic amines) is 1. The van der Waals surface area contributed by atoms with Gasteiger partial charge in [0.2, 0.25) is 11.8 Å². The molecule has 6 aliphatic rings. The number of halogens is 1. The Kier molecular flexibility index (Phi) is 11.5. The van der Waals surface area contributed by atoms with E-state index in [0.29, 0.717) is 48.0 Å². The Balaban J connectivity index is 0.748. The highest BCUT2D eigenvalue weighted by Gasteiger charge is 2.47. The minimum atomic E-state index is -0.962. The molecule has 11 nitrogen and oxygen atoms in total. The van der Waals surface area contributed by atoms with Gasteiger partial charge in [0.1, 0.15) is 24.1 Å². The number of allylic oxidation sites excluding steroid dienone is 1. The van der Waals surface area contributed by atoms with Gasteiger partial charge in [-0.15, -0.1) is 11.6 Å². The number of amides is 4. The zero-order chi connectivity index (χ0) is 41.3. The van der Waals surface area contributed by atoms with Crippen molar-refractivity contribution in [3.63, 3.8) is 0 Å². The van der Waals surface area contributed by atoms with Gasteiger partial charge >= 0.3 is 0 Å². The summed E-state index contributed by atoms with van der Waals surface area (Å²) in [6, 6.07) is 31.4. The molecule has 5 saturated heterocycles. The number of hydrogen-bond acceptors (Lipinski definition) is 9. The molecule has 60 heavy (non-hydrogen) atoms. The first-order valence-electron chi connectivity index (χ1n) is 21.2. The number of rotatable bonds is 13. The number of imide groups is 2. The molecule has 310 valence electrons. The summed E-state index contributed by atoms with van der Waals surface area (Å²) in [5.41, 5.74) is 7.03. The van der Waals surface area contributed by atoms with Crippen LogP contribution < -0.4 is 15.0 Å². The van der Waals surface area contributed by atoms with Crippen molar-refractivity contribution in [1.82, 2.24) is 20.0 Å². The molecule has 5 fully saturated rings. The lowest BCUT2D eigenvalue weighted by molar-refractivity contribution is -0.136. The Morgan fingerprint density at radius 3 is 2.15 bits per heavy atom. The third-order valence-electron chi connectivity index (χ3n) is 13.1. The lowest BCUT2D eigenvalue weighted by atomic mass is 9.84. The van der Waals surface area contributed by atoms with Crippen LogP contribution in [0.4, 0.5) is 5.69 Å². The number of nitrogens with one attached hydrogen (secondary N) is 1. The van der Waals surface area contributed by atoms with Crippen LogP contribution in [0.3, 0.4) is 0 Å². The minimum Gasteiger partial charge on any atom is -0.508 e. The molecule has 2 bridgehead atoms. The molecule has 2 N–H and O–H groups in total. The first-order chi connectivity index (χ1) is 29.2. The molecular weight excluding hydrogens is 778 g/mol. The molecule has 0 aromatic heterocycles. The number of alkyl halides is 1. The van der Waals surface area contributed by atoms with Crippen LogP contribution in [0.25, 0.3) is 11.1 Å². The van der Waals surface area contributed by atoms with Crippen molar-refractivity contribution in [2.24, 2.45) is 5.92 Å². The molecule has 4 aromatic rings. The highest BCUT2D eigenvalue weighted by atomic mass is 35.5. The maximum absolute atomic E-state index is 13.4. The number of phenolic OH excluding ortho intramolecular Hbond substituents is 1. The zero-order valence-electron chi connectivity index (χ0n) is 33.6. The van der Waals surface area contributed by atoms with Gasteiger partial charge in [0.25, 0.3) is 11.8 Å². The number of carbonyl (C=O) groups is 4. The summed E-state index contributed by atoms with van der Waals surface area (Å²) in [6.07, 6.45) is 4.46. The Bertz CT molecular complexity index is 2280. The van der Waals surface area contributed by atoms with E-state index in [4.69, 9.17) is 16.3 Å². The van der Waals surface area contributed by atoms with Gasteiger partial charge in [0.15, 0.2) is 0 Å². The molecule has 3 atom stereocenters. The normalized spacial score (nSPS) is 22.6. The number of anilines is 1. The van der Waals surface area contributed by atoms with Gasteiger partial charge in [0.05, 0.1) is 11.1 Å². The fourth-order valence-electron chi connectivity index (χ4n) is 9.84. The second-order valence-electron chi connectivity index (χ2n) is 16.7. The third-order valence-corrected chi connectivity index (χ3v) is 13.2. The van der Waals surface area contributed by atoms with Gasteiger partial charge in [-0.05, 0) is 121 Å². The van der Waals surface area contributed by atoms with Crippen molar-refractivity contribution in [3.05, 3.63) is 125 Å². The number of ether oxygens (including phenoxy) is 1. The van der Waals surface area contributed by atoms with E-state index < -0.39 is 23.8 Å². The van der Waals surface area contributed by atoms with E-state index in [9.17, 15) is 24.3 Å². The van der Waals surface area contributed by atoms with Crippen molar-refractivity contribution in [2.75, 3.05) is 56.7 Å². The Labute approximate surface area is 355 Å². The topological polar surface area (TPSA) is 123 Å². The largest absolute Gasteiger partial charge is 0.508 e. The smallest absolute Gasteiger partial charge is 0.262 e. The van der Waals surface area contributed by atoms with Crippen LogP contribution in [-0.2, 0) is 9.59 Å². The molecule has 12 heteroatoms. The summed E-state index contributed by atoms with van der Waals surface area (Å²) in [4.78, 5) is 59.3. The van der Waals surface area contributed by atoms with Gasteiger partial charge in [0, 0.05) is 56.3 Å². The van der Waals surface area contributed by atoms with Crippen LogP contribution in [-0.4, -0.2) is 113 Å². The SMILES string of the molecule is O=C1CCC(N2C(=O)c3ccc(N4CC5CC(C4)N5CC4CCN(CCOc5ccc(C(=C(CCCl)c6ccccc6)c6ccc(O)cc6)cc5)CC4)cc3C2=O)C(=O)N1. The van der Waals surface area contributed by atoms with Crippen LogP contribution in [0, 0.1) is 5.92 Å². The molecule has 10 rings (SSSR count). The van der Waals surface area contributed by atoms with Crippen molar-refractivity contribution in [1.29, 1.82) is 0 Å². The molecule has 0 aliphatic carbocycles. The van der Waals surface area contributed by atoms with E-state index >= 15 is 0 Å². The average molecular weight is 828 g/mol. The van der Waals surface area contributed by atoms with Crippen LogP contribution in [0.2, 0.25) is 0 Å². The number of phenols is 1. The summed E-state index contributed by atoms with van der Waals surface area (Å²) in [5, 5.41) is 12.3. The molecule has 6 aliphatic heterocycles. The zero-order valence-corrected chi connectivity index (χ0v) is 34.4. The highest BCUT2D eigenvalue weighted by Crippen LogP contribution is 2.39. The minimum absolute atomic E-state index is 0.102. The number of fused-ring (bicyclic) bond motifs is 3. The highest BCUT2D eigenvalue weighted by molar-refractivity contribution is 6.23. The molecule has 0 spiro atoms. The van der Waals surface area contributed by atoms with Gasteiger partial charge in [-0.1, -0.05) is 54.6 Å². The maximum Gasteiger partial charge on any atom is 0.262 e. The monoisotopic (exact) mass is 827 g/mol. The van der Waals surface area contributed by atoms with Gasteiger partial charge < -0.3 is 14.7 Å². The van der Waals surface area contributed by atoms with Crippen LogP contribution in [0.15, 0.2) is 97.1 Å². The number of aromatic hydroxyl groups is 1. The Hall–Kier alpha value is -5.49. The molecule has 0 saturated carbocycles. The quantitative estimate of drug-likeness (QED) is 0.0892. The first-order valence-corrected chi connectivity index (χ1v) is 21.7. The molecular formula is C48H50ClN5O6. The van der Waals surface area contributed by atoms with E-state index in [-0.39, 0.29) is 24.5 Å². The number of piperidine rings is 3. The van der Waals surface area contributed by atoms with Crippen molar-refractivity contribution < 1.29 is 29.0 Å². The van der Waals surface area contributed by atoms with E-state index in [0.717, 1.165) is 96.3 Å². The van der Waals surface area contributed by atoms with Gasteiger partial charge in [-0.2, -0.15) is 0 Å². The number of benzene rings is 4. The van der Waals surface area contributed by atoms with Crippen LogP contribution >= 0.6 is 11.6 Å². The summed E-state index contributed by atoms with van der Waals surface area (Å²) in [7, 11) is 0. The van der Waals surface area contributed by atoms with Crippen molar-refractivity contribution in [2.45, 2.75) is 56.7 Å². The molecule has 4 aromatic carbocycles. The summed E-state index contributed by atoms with van der Waals surface area (Å²) < 4.78 is 6.26. The number of nitrogens with zero attached hydrogens (tertiary/aromatic N) is 4. The second kappa shape index (κ2) is 17.2. The number of hydrogen-bond donors (Lipinski definition) is 2. The van der Waals surface area contributed by atoms with Crippen LogP contribution in [0.5, 0.6) is 11.5 Å². The lowest BCUT2D eigenvalue weighted by Gasteiger charge is -2.58. The molecule has 3 unspecified atom stereocenters. The molecule has 4 amide bonds. The second-order valence-corrected chi connectivity index (χ2v) is 17.1. The first kappa shape index (κ1) is 39.9. The number of piperazine rings is 1. The summed E-state index contributed by atoms with van der Waals surface area (Å²) in [6.45, 7) is 6.48. The maximum atomic E-state index is 13.4. The van der Waals surface area contributed by atoms with Crippen molar-refractivity contribution in [3.8, 4) is 11.5 Å². The standard InChI is InChI=1S/C48H50ClN5O6/c49-21-18-40(32-4-2-1-3-5-32)45(33-6-11-38(55)12-7-33)34-8-13-39(14-9-34)60-25-24-51-22-19-31(20-23-51)28-53-36-26-37(53)30-52(29-36)35-10-15-41-42(27-35)48(59)54(47(41)58)43-16-17-44(56)50-46(43)57/h1-15,27,31,36-37,43,55H,16-26,28-30H2,(H,50,56,57). The molecule has 0 radical (unpaired) electrons. The van der Waals surface area contributed by atoms with E-state index in [1.54, 1.807) is 18.2 Å². The van der Waals surface area contributed by atoms with Crippen LogP contribution in [0.1, 0.15) is 75.9 Å². The Morgan fingerprint density at radius 1 is 0.783 bits per heavy atom. The average Bonchev–Trinajstić information content (AvgIpc) is 3.52. The van der Waals surface area contributed by atoms with E-state index in [2.05, 4.69) is 44.3 Å². The van der Waals surface area contributed by atoms with E-state index in [1.165, 1.54) is 6.42 Å². The fourth-order valence-corrected chi connectivity index (χ4v) is 10.0. The number of carbonyl (C=O) groups excluding carboxylic acids is 4. The predicted molar refractivity (Wildman–Crippen MR) is 231 cm³/mol. The van der Waals surface area contributed by atoms with Gasteiger partial charge in [-0.3, -0.25) is 39.2 Å². The molecule has 6 heterocycles. The Morgan fingerprint density at radius 2 is 1.47 bits per heavy atom. The fraction of sp³-hybridized carbons (Fsp3) is 0.375. The summed E-state index contributed by atoms with van der Waals surface area (Å²) in [5.74, 6) is 0.305. The lowest BCUT2D eigenvalue weighted by Crippen LogP contribution is -2.69. The summed E-state index contributed by atoms with van der Waals surface area (Å²) >= 11 is 6.33. The predicted octanol–water partition coefficient (Wildman–Crippen LogP) is 6.44. The third kappa shape index (κ3) is 8.06. The van der Waals surface area contributed by atoms with Crippen molar-refractivity contribution >= 4 is 52.1 Å². The van der Waals surface area contributed by atoms with Gasteiger partial charge in [-0.25, -0.2) is 0 Å². The van der Waals surface area contributed by atoms with E-state index in [1.807, 2.05) is 54.6 Å².